The molecule has 106 valence electrons. The van der Waals surface area contributed by atoms with Gasteiger partial charge in [0.1, 0.15) is 0 Å². The molecule has 2 rings (SSSR count). The minimum Gasteiger partial charge on any atom is -0.329 e. The highest BCUT2D eigenvalue weighted by Crippen LogP contribution is 2.23. The molecule has 1 heterocycles. The summed E-state index contributed by atoms with van der Waals surface area (Å²) in [5.41, 5.74) is 7.41. The molecular formula is C17H28N2. The third kappa shape index (κ3) is 4.32. The molecule has 0 amide bonds. The fraction of sp³-hybridized carbons (Fsp3) is 0.647. The van der Waals surface area contributed by atoms with Crippen molar-refractivity contribution in [1.82, 2.24) is 4.90 Å². The first kappa shape index (κ1) is 14.5. The topological polar surface area (TPSA) is 29.3 Å². The van der Waals surface area contributed by atoms with Gasteiger partial charge in [0.15, 0.2) is 0 Å². The number of likely N-dealkylation sites (tertiary alicyclic amines) is 1. The molecule has 1 fully saturated rings. The summed E-state index contributed by atoms with van der Waals surface area (Å²) in [6.45, 7) is 5.54. The van der Waals surface area contributed by atoms with Gasteiger partial charge in [-0.2, -0.15) is 0 Å². The van der Waals surface area contributed by atoms with Crippen molar-refractivity contribution in [1.29, 1.82) is 0 Å². The molecule has 0 bridgehead atoms. The molecule has 0 spiro atoms. The van der Waals surface area contributed by atoms with Crippen LogP contribution < -0.4 is 5.73 Å². The van der Waals surface area contributed by atoms with Crippen molar-refractivity contribution in [2.45, 2.75) is 45.1 Å². The first-order valence-corrected chi connectivity index (χ1v) is 7.81. The number of hydrogen-bond acceptors (Lipinski definition) is 2. The van der Waals surface area contributed by atoms with Gasteiger partial charge in [-0.3, -0.25) is 4.90 Å². The molecule has 1 aromatic rings. The lowest BCUT2D eigenvalue weighted by atomic mass is 9.91. The van der Waals surface area contributed by atoms with E-state index < -0.39 is 0 Å². The molecule has 1 aliphatic heterocycles. The van der Waals surface area contributed by atoms with Crippen molar-refractivity contribution in [2.24, 2.45) is 11.7 Å². The summed E-state index contributed by atoms with van der Waals surface area (Å²) in [5, 5.41) is 0. The summed E-state index contributed by atoms with van der Waals surface area (Å²) >= 11 is 0. The van der Waals surface area contributed by atoms with Gasteiger partial charge < -0.3 is 5.73 Å². The van der Waals surface area contributed by atoms with Crippen molar-refractivity contribution in [3.8, 4) is 0 Å². The van der Waals surface area contributed by atoms with Crippen LogP contribution in [0.2, 0.25) is 0 Å². The summed E-state index contributed by atoms with van der Waals surface area (Å²) in [7, 11) is 0. The van der Waals surface area contributed by atoms with Crippen molar-refractivity contribution >= 4 is 0 Å². The Kier molecular flexibility index (Phi) is 5.87. The molecule has 0 saturated carbocycles. The molecule has 19 heavy (non-hydrogen) atoms. The highest BCUT2D eigenvalue weighted by Gasteiger charge is 2.23. The first-order chi connectivity index (χ1) is 9.33. The van der Waals surface area contributed by atoms with Crippen LogP contribution in [0.25, 0.3) is 0 Å². The quantitative estimate of drug-likeness (QED) is 0.851. The Balaban J connectivity index is 1.85. The van der Waals surface area contributed by atoms with Gasteiger partial charge in [-0.05, 0) is 43.8 Å². The van der Waals surface area contributed by atoms with Crippen LogP contribution in [0.1, 0.15) is 38.2 Å². The Labute approximate surface area is 118 Å². The number of rotatable bonds is 6. The van der Waals surface area contributed by atoms with E-state index in [1.807, 2.05) is 0 Å². The summed E-state index contributed by atoms with van der Waals surface area (Å²) in [6, 6.07) is 11.3. The third-order valence-corrected chi connectivity index (χ3v) is 4.45. The highest BCUT2D eigenvalue weighted by molar-refractivity contribution is 5.16. The van der Waals surface area contributed by atoms with Gasteiger partial charge in [-0.15, -0.1) is 0 Å². The number of piperidine rings is 1. The second kappa shape index (κ2) is 7.66. The summed E-state index contributed by atoms with van der Waals surface area (Å²) in [5.74, 6) is 0.955. The van der Waals surface area contributed by atoms with Gasteiger partial charge in [0.2, 0.25) is 0 Å². The summed E-state index contributed by atoms with van der Waals surface area (Å²) in [6.07, 6.45) is 6.54. The lowest BCUT2D eigenvalue weighted by molar-refractivity contribution is 0.131. The summed E-state index contributed by atoms with van der Waals surface area (Å²) < 4.78 is 0. The fourth-order valence-corrected chi connectivity index (χ4v) is 3.26. The maximum absolute atomic E-state index is 6.00. The molecule has 1 aromatic carbocycles. The van der Waals surface area contributed by atoms with Gasteiger partial charge in [0.25, 0.3) is 0 Å². The molecule has 2 N–H and O–H groups in total. The van der Waals surface area contributed by atoms with Gasteiger partial charge >= 0.3 is 0 Å². The van der Waals surface area contributed by atoms with Crippen LogP contribution in [-0.4, -0.2) is 30.6 Å². The zero-order chi connectivity index (χ0) is 13.5. The normalized spacial score (nSPS) is 19.5. The van der Waals surface area contributed by atoms with Crippen molar-refractivity contribution in [3.63, 3.8) is 0 Å². The molecule has 0 aliphatic carbocycles. The van der Waals surface area contributed by atoms with E-state index in [9.17, 15) is 0 Å². The molecule has 2 heteroatoms. The van der Waals surface area contributed by atoms with E-state index in [4.69, 9.17) is 5.73 Å². The number of nitrogens with two attached hydrogens (primary N) is 1. The second-order valence-corrected chi connectivity index (χ2v) is 5.85. The van der Waals surface area contributed by atoms with Crippen molar-refractivity contribution < 1.29 is 0 Å². The SMILES string of the molecule is CCCC1CCN(C(CN)Cc2ccccc2)CC1. The fourth-order valence-electron chi connectivity index (χ4n) is 3.26. The van der Waals surface area contributed by atoms with E-state index in [1.54, 1.807) is 0 Å². The van der Waals surface area contributed by atoms with Gasteiger partial charge in [-0.1, -0.05) is 50.1 Å². The van der Waals surface area contributed by atoms with E-state index >= 15 is 0 Å². The zero-order valence-electron chi connectivity index (χ0n) is 12.2. The van der Waals surface area contributed by atoms with Crippen LogP contribution in [0.4, 0.5) is 0 Å². The Morgan fingerprint density at radius 2 is 1.89 bits per heavy atom. The minimum atomic E-state index is 0.518. The maximum atomic E-state index is 6.00. The Hall–Kier alpha value is -0.860. The third-order valence-electron chi connectivity index (χ3n) is 4.45. The van der Waals surface area contributed by atoms with Crippen LogP contribution in [0.15, 0.2) is 30.3 Å². The number of benzene rings is 1. The van der Waals surface area contributed by atoms with Gasteiger partial charge in [0.05, 0.1) is 0 Å². The van der Waals surface area contributed by atoms with E-state index in [-0.39, 0.29) is 0 Å². The minimum absolute atomic E-state index is 0.518. The average molecular weight is 260 g/mol. The van der Waals surface area contributed by atoms with Gasteiger partial charge in [-0.25, -0.2) is 0 Å². The Bertz CT molecular complexity index is 342. The van der Waals surface area contributed by atoms with Crippen LogP contribution >= 0.6 is 0 Å². The molecule has 1 unspecified atom stereocenters. The van der Waals surface area contributed by atoms with E-state index in [0.29, 0.717) is 6.04 Å². The predicted octanol–water partition coefficient (Wildman–Crippen LogP) is 3.07. The summed E-state index contributed by atoms with van der Waals surface area (Å²) in [4.78, 5) is 2.61. The van der Waals surface area contributed by atoms with Crippen LogP contribution in [0.5, 0.6) is 0 Å². The average Bonchev–Trinajstić information content (AvgIpc) is 2.47. The Morgan fingerprint density at radius 1 is 1.21 bits per heavy atom. The van der Waals surface area contributed by atoms with Crippen LogP contribution in [-0.2, 0) is 6.42 Å². The predicted molar refractivity (Wildman–Crippen MR) is 82.2 cm³/mol. The van der Waals surface area contributed by atoms with Crippen LogP contribution in [0, 0.1) is 5.92 Å². The number of hydrogen-bond donors (Lipinski definition) is 1. The molecule has 1 saturated heterocycles. The molecule has 1 aliphatic rings. The van der Waals surface area contributed by atoms with E-state index in [1.165, 1.54) is 44.3 Å². The van der Waals surface area contributed by atoms with E-state index in [0.717, 1.165) is 18.9 Å². The smallest absolute Gasteiger partial charge is 0.0258 e. The molecule has 0 radical (unpaired) electrons. The van der Waals surface area contributed by atoms with Crippen molar-refractivity contribution in [3.05, 3.63) is 35.9 Å². The lowest BCUT2D eigenvalue weighted by Gasteiger charge is -2.37. The largest absolute Gasteiger partial charge is 0.329 e. The van der Waals surface area contributed by atoms with Crippen LogP contribution in [0.3, 0.4) is 0 Å². The molecule has 1 atom stereocenters. The highest BCUT2D eigenvalue weighted by atomic mass is 15.2. The standard InChI is InChI=1S/C17H28N2/c1-2-6-15-9-11-19(12-10-15)17(14-18)13-16-7-4-3-5-8-16/h3-5,7-8,15,17H,2,6,9-14,18H2,1H3. The van der Waals surface area contributed by atoms with E-state index in [2.05, 4.69) is 42.2 Å². The first-order valence-electron chi connectivity index (χ1n) is 7.81. The molecule has 0 aromatic heterocycles. The maximum Gasteiger partial charge on any atom is 0.0258 e. The number of nitrogens with zero attached hydrogens (tertiary/aromatic N) is 1. The molecular weight excluding hydrogens is 232 g/mol. The Morgan fingerprint density at radius 3 is 2.47 bits per heavy atom. The lowest BCUT2D eigenvalue weighted by Crippen LogP contribution is -2.46. The second-order valence-electron chi connectivity index (χ2n) is 5.85. The van der Waals surface area contributed by atoms with Gasteiger partial charge in [0, 0.05) is 12.6 Å². The monoisotopic (exact) mass is 260 g/mol. The zero-order valence-corrected chi connectivity index (χ0v) is 12.2. The molecule has 2 nitrogen and oxygen atoms in total. The van der Waals surface area contributed by atoms with Crippen molar-refractivity contribution in [2.75, 3.05) is 19.6 Å².